The predicted molar refractivity (Wildman–Crippen MR) is 119 cm³/mol. The molecule has 31 heavy (non-hydrogen) atoms. The smallest absolute Gasteiger partial charge is 0.264 e. The highest BCUT2D eigenvalue weighted by Crippen LogP contribution is 2.69. The van der Waals surface area contributed by atoms with Crippen molar-refractivity contribution in [3.8, 4) is 0 Å². The van der Waals surface area contributed by atoms with Gasteiger partial charge in [0.25, 0.3) is 0 Å². The molecule has 3 aromatic heterocycles. The molecule has 0 unspecified atom stereocenters. The van der Waals surface area contributed by atoms with Crippen molar-refractivity contribution in [1.29, 1.82) is 0 Å². The summed E-state index contributed by atoms with van der Waals surface area (Å²) in [6, 6.07) is 17.5. The molecule has 0 atom stereocenters. The first-order valence-corrected chi connectivity index (χ1v) is 12.6. The van der Waals surface area contributed by atoms with Gasteiger partial charge in [-0.05, 0) is 70.8 Å². The molecule has 0 spiro atoms. The average molecular weight is 452 g/mol. The van der Waals surface area contributed by atoms with Gasteiger partial charge in [-0.15, -0.1) is 0 Å². The quantitative estimate of drug-likeness (QED) is 0.392. The van der Waals surface area contributed by atoms with Crippen molar-refractivity contribution < 1.29 is 12.0 Å². The van der Waals surface area contributed by atoms with E-state index < -0.39 is 20.4 Å². The van der Waals surface area contributed by atoms with Crippen LogP contribution in [0.15, 0.2) is 117 Å². The molecule has 0 saturated heterocycles. The van der Waals surface area contributed by atoms with Gasteiger partial charge < -0.3 is 0 Å². The van der Waals surface area contributed by atoms with Crippen LogP contribution >= 0.6 is 10.3 Å². The highest BCUT2D eigenvalue weighted by atomic mass is 32.3. The zero-order valence-electron chi connectivity index (χ0n) is 16.8. The normalized spacial score (nSPS) is 12.4. The van der Waals surface area contributed by atoms with Crippen molar-refractivity contribution in [3.05, 3.63) is 103 Å². The van der Waals surface area contributed by atoms with E-state index in [0.717, 1.165) is 12.0 Å². The Labute approximate surface area is 183 Å². The van der Waals surface area contributed by atoms with Gasteiger partial charge in [-0.25, -0.2) is 3.63 Å². The summed E-state index contributed by atoms with van der Waals surface area (Å²) < 4.78 is 33.2. The molecule has 0 aliphatic heterocycles. The number of aromatic nitrogens is 3. The summed E-state index contributed by atoms with van der Waals surface area (Å²) >= 11 is 0. The summed E-state index contributed by atoms with van der Waals surface area (Å²) in [5.74, 6) is 0. The van der Waals surface area contributed by atoms with Gasteiger partial charge in [-0.3, -0.25) is 15.0 Å². The molecule has 3 heterocycles. The lowest BCUT2D eigenvalue weighted by Crippen LogP contribution is -2.15. The molecular formula is C23H21N3O3S2. The molecule has 4 rings (SSSR count). The minimum atomic E-state index is -4.13. The maximum absolute atomic E-state index is 13.5. The number of nitrogens with zero attached hydrogens (tertiary/aromatic N) is 3. The van der Waals surface area contributed by atoms with E-state index >= 15 is 0 Å². The fourth-order valence-corrected chi connectivity index (χ4v) is 8.20. The molecule has 1 aromatic carbocycles. The van der Waals surface area contributed by atoms with Crippen LogP contribution in [-0.4, -0.2) is 23.4 Å². The molecule has 0 saturated carbocycles. The van der Waals surface area contributed by atoms with E-state index in [4.69, 9.17) is 3.63 Å². The summed E-state index contributed by atoms with van der Waals surface area (Å²) in [7, 11) is -6.86. The third-order valence-corrected chi connectivity index (χ3v) is 9.81. The first-order chi connectivity index (χ1) is 15.1. The molecule has 6 nitrogen and oxygen atoms in total. The van der Waals surface area contributed by atoms with E-state index in [1.54, 1.807) is 79.6 Å². The van der Waals surface area contributed by atoms with Crippen molar-refractivity contribution in [2.24, 2.45) is 0 Å². The van der Waals surface area contributed by atoms with E-state index in [-0.39, 0.29) is 4.90 Å². The highest BCUT2D eigenvalue weighted by molar-refractivity contribution is 8.33. The van der Waals surface area contributed by atoms with E-state index in [0.29, 0.717) is 14.7 Å². The van der Waals surface area contributed by atoms with Crippen molar-refractivity contribution in [2.75, 3.05) is 0 Å². The van der Waals surface area contributed by atoms with Gasteiger partial charge in [-0.1, -0.05) is 19.1 Å². The summed E-state index contributed by atoms with van der Waals surface area (Å²) in [5, 5.41) is 0. The molecule has 0 aliphatic carbocycles. The number of hydrogen-bond donors (Lipinski definition) is 0. The molecule has 0 aliphatic rings. The second kappa shape index (κ2) is 8.97. The lowest BCUT2D eigenvalue weighted by atomic mass is 10.2. The second-order valence-electron chi connectivity index (χ2n) is 6.64. The lowest BCUT2D eigenvalue weighted by Gasteiger charge is -2.38. The maximum atomic E-state index is 13.5. The molecule has 0 fully saturated rings. The summed E-state index contributed by atoms with van der Waals surface area (Å²) in [5.41, 5.74) is 1.05. The van der Waals surface area contributed by atoms with Crippen LogP contribution in [-0.2, 0) is 20.2 Å². The first-order valence-electron chi connectivity index (χ1n) is 9.65. The molecule has 0 amide bonds. The number of hydrogen-bond acceptors (Lipinski definition) is 6. The minimum Gasteiger partial charge on any atom is -0.264 e. The summed E-state index contributed by atoms with van der Waals surface area (Å²) in [6.07, 6.45) is 10.6. The molecule has 8 heteroatoms. The first kappa shape index (κ1) is 21.2. The van der Waals surface area contributed by atoms with Gasteiger partial charge in [0, 0.05) is 51.9 Å². The maximum Gasteiger partial charge on any atom is 0.307 e. The molecule has 0 N–H and O–H groups in total. The van der Waals surface area contributed by atoms with Crippen LogP contribution in [0.2, 0.25) is 0 Å². The lowest BCUT2D eigenvalue weighted by molar-refractivity contribution is 0.508. The van der Waals surface area contributed by atoms with Crippen LogP contribution < -0.4 is 0 Å². The average Bonchev–Trinajstić information content (AvgIpc) is 2.84. The zero-order valence-corrected chi connectivity index (χ0v) is 18.5. The Kier molecular flexibility index (Phi) is 6.13. The van der Waals surface area contributed by atoms with Gasteiger partial charge in [0.05, 0.1) is 4.90 Å². The third kappa shape index (κ3) is 4.23. The van der Waals surface area contributed by atoms with Crippen LogP contribution in [0.3, 0.4) is 0 Å². The second-order valence-corrected chi connectivity index (χ2v) is 11.1. The summed E-state index contributed by atoms with van der Waals surface area (Å²) in [6.45, 7) is 2.02. The van der Waals surface area contributed by atoms with Gasteiger partial charge in [0.2, 0.25) is 0 Å². The van der Waals surface area contributed by atoms with E-state index in [2.05, 4.69) is 15.0 Å². The van der Waals surface area contributed by atoms with Crippen LogP contribution in [0.1, 0.15) is 12.5 Å². The van der Waals surface area contributed by atoms with Crippen LogP contribution in [0.5, 0.6) is 0 Å². The number of benzene rings is 1. The minimum absolute atomic E-state index is 0.0956. The third-order valence-electron chi connectivity index (χ3n) is 4.71. The number of rotatable bonds is 7. The fraction of sp³-hybridized carbons (Fsp3) is 0.0870. The largest absolute Gasteiger partial charge is 0.307 e. The molecule has 0 bridgehead atoms. The Morgan fingerprint density at radius 3 is 1.48 bits per heavy atom. The topological polar surface area (TPSA) is 82.0 Å². The van der Waals surface area contributed by atoms with Gasteiger partial charge in [0.15, 0.2) is 0 Å². The van der Waals surface area contributed by atoms with E-state index in [9.17, 15) is 8.42 Å². The fourth-order valence-electron chi connectivity index (χ4n) is 3.14. The van der Waals surface area contributed by atoms with Gasteiger partial charge in [0.1, 0.15) is 0 Å². The highest BCUT2D eigenvalue weighted by Gasteiger charge is 2.39. The Hall–Kier alpha value is -3.07. The van der Waals surface area contributed by atoms with Crippen molar-refractivity contribution in [2.45, 2.75) is 32.9 Å². The predicted octanol–water partition coefficient (Wildman–Crippen LogP) is 5.04. The molecule has 0 radical (unpaired) electrons. The molecule has 158 valence electrons. The Balaban J connectivity index is 1.96. The van der Waals surface area contributed by atoms with Crippen molar-refractivity contribution in [1.82, 2.24) is 15.0 Å². The van der Waals surface area contributed by atoms with Crippen LogP contribution in [0.4, 0.5) is 0 Å². The van der Waals surface area contributed by atoms with E-state index in [1.165, 1.54) is 0 Å². The Morgan fingerprint density at radius 2 is 1.13 bits per heavy atom. The van der Waals surface area contributed by atoms with Crippen molar-refractivity contribution in [3.63, 3.8) is 0 Å². The molecule has 4 aromatic rings. The standard InChI is InChI=1S/C23H21N3O3S2/c1-2-19-9-11-20(12-10-19)31(27,28)29-30(21-6-3-13-24-16-21,22-7-4-14-25-17-22)23-8-5-15-26-18-23/h3-18H,2H2,1H3. The Morgan fingerprint density at radius 1 is 0.677 bits per heavy atom. The van der Waals surface area contributed by atoms with Crippen LogP contribution in [0.25, 0.3) is 0 Å². The Bertz CT molecular complexity index is 1140. The molecular weight excluding hydrogens is 430 g/mol. The zero-order chi connectivity index (χ0) is 21.7. The van der Waals surface area contributed by atoms with E-state index in [1.807, 2.05) is 25.1 Å². The van der Waals surface area contributed by atoms with Gasteiger partial charge in [-0.2, -0.15) is 8.42 Å². The number of pyridine rings is 3. The summed E-state index contributed by atoms with van der Waals surface area (Å²) in [4.78, 5) is 14.7. The van der Waals surface area contributed by atoms with Crippen molar-refractivity contribution >= 4 is 20.4 Å². The SMILES string of the molecule is CCc1ccc(S(=O)(=O)OS(c2cccnc2)(c2cccnc2)c2cccnc2)cc1. The van der Waals surface area contributed by atoms with Gasteiger partial charge >= 0.3 is 10.1 Å². The van der Waals surface area contributed by atoms with Crippen LogP contribution in [0, 0.1) is 0 Å². The monoisotopic (exact) mass is 451 g/mol. The number of aryl methyl sites for hydroxylation is 1.